The molecule has 0 bridgehead atoms. The summed E-state index contributed by atoms with van der Waals surface area (Å²) in [5, 5.41) is 2.28. The Morgan fingerprint density at radius 3 is 2.21 bits per heavy atom. The number of benzene rings is 1. The van der Waals surface area contributed by atoms with E-state index in [-0.39, 0.29) is 30.2 Å². The smallest absolute Gasteiger partial charge is 0.255 e. The van der Waals surface area contributed by atoms with E-state index >= 15 is 0 Å². The van der Waals surface area contributed by atoms with E-state index in [1.54, 1.807) is 4.31 Å². The van der Waals surface area contributed by atoms with E-state index in [0.29, 0.717) is 32.6 Å². The van der Waals surface area contributed by atoms with Gasteiger partial charge in [0.15, 0.2) is 0 Å². The topological polar surface area (TPSA) is 69.7 Å². The van der Waals surface area contributed by atoms with Crippen LogP contribution in [0.3, 0.4) is 0 Å². The Labute approximate surface area is 206 Å². The minimum absolute atomic E-state index is 0. The summed E-state index contributed by atoms with van der Waals surface area (Å²) >= 11 is 5.86. The maximum atomic E-state index is 14.2. The molecule has 2 aliphatic rings. The number of carbonyl (C=O) groups is 1. The molecular formula is C22H33Cl2F2N3O3S. The first-order valence-electron chi connectivity index (χ1n) is 11.3. The molecule has 33 heavy (non-hydrogen) atoms. The van der Waals surface area contributed by atoms with Crippen molar-refractivity contribution in [2.45, 2.75) is 57.4 Å². The van der Waals surface area contributed by atoms with Crippen molar-refractivity contribution in [1.82, 2.24) is 14.5 Å². The van der Waals surface area contributed by atoms with Crippen molar-refractivity contribution in [3.8, 4) is 0 Å². The molecule has 11 heteroatoms. The fraction of sp³-hybridized carbons (Fsp3) is 0.682. The van der Waals surface area contributed by atoms with Crippen LogP contribution in [0.1, 0.15) is 62.2 Å². The molecule has 0 spiro atoms. The molecule has 1 N–H and O–H groups in total. The minimum Gasteiger partial charge on any atom is -0.350 e. The largest absolute Gasteiger partial charge is 0.350 e. The summed E-state index contributed by atoms with van der Waals surface area (Å²) in [6.45, 7) is 4.12. The van der Waals surface area contributed by atoms with E-state index in [4.69, 9.17) is 11.6 Å². The van der Waals surface area contributed by atoms with Crippen LogP contribution in [0.25, 0.3) is 0 Å². The molecule has 1 saturated carbocycles. The summed E-state index contributed by atoms with van der Waals surface area (Å²) in [6, 6.07) is 1.79. The third-order valence-corrected chi connectivity index (χ3v) is 9.09. The molecule has 3 rings (SSSR count). The van der Waals surface area contributed by atoms with Gasteiger partial charge >= 0.3 is 0 Å². The molecule has 1 aromatic carbocycles. The zero-order valence-corrected chi connectivity index (χ0v) is 21.3. The standard InChI is InChI=1S/C22H32ClF2N3O3S.ClH/c1-2-15-32(30,31)28-13-11-27(12-14-28)22(9-5-3-4-6-10-22)16-26-21(29)19-17(24)7-8-18(25)20(19)23;/h7-8H,2-6,9-16H2,1H3,(H,26,29);1H. The second-order valence-corrected chi connectivity index (χ2v) is 11.2. The number of carbonyl (C=O) groups excluding carboxylic acids is 1. The number of rotatable bonds is 7. The fourth-order valence-electron chi connectivity index (χ4n) is 4.89. The van der Waals surface area contributed by atoms with Crippen molar-refractivity contribution in [3.63, 3.8) is 0 Å². The predicted molar refractivity (Wildman–Crippen MR) is 129 cm³/mol. The van der Waals surface area contributed by atoms with E-state index in [1.807, 2.05) is 6.92 Å². The molecule has 1 aliphatic carbocycles. The van der Waals surface area contributed by atoms with Gasteiger partial charge in [-0.1, -0.05) is 44.2 Å². The maximum Gasteiger partial charge on any atom is 0.255 e. The molecule has 1 aromatic rings. The van der Waals surface area contributed by atoms with Crippen molar-refractivity contribution in [3.05, 3.63) is 34.4 Å². The molecule has 0 radical (unpaired) electrons. The Hall–Kier alpha value is -1.00. The van der Waals surface area contributed by atoms with Crippen molar-refractivity contribution in [1.29, 1.82) is 0 Å². The molecule has 0 unspecified atom stereocenters. The Kier molecular flexibility index (Phi) is 10.4. The van der Waals surface area contributed by atoms with Gasteiger partial charge in [0.05, 0.1) is 16.3 Å². The van der Waals surface area contributed by atoms with Gasteiger partial charge in [-0.15, -0.1) is 12.4 Å². The van der Waals surface area contributed by atoms with Crippen molar-refractivity contribution in [2.75, 3.05) is 38.5 Å². The van der Waals surface area contributed by atoms with Gasteiger partial charge in [0.1, 0.15) is 11.6 Å². The molecule has 1 amide bonds. The number of nitrogens with one attached hydrogen (secondary N) is 1. The number of hydrogen-bond acceptors (Lipinski definition) is 4. The van der Waals surface area contributed by atoms with Crippen molar-refractivity contribution >= 4 is 39.9 Å². The second kappa shape index (κ2) is 12.1. The third kappa shape index (κ3) is 6.57. The van der Waals surface area contributed by atoms with Crippen molar-refractivity contribution < 1.29 is 22.0 Å². The van der Waals surface area contributed by atoms with Gasteiger partial charge in [-0.05, 0) is 31.4 Å². The highest BCUT2D eigenvalue weighted by Crippen LogP contribution is 2.34. The van der Waals surface area contributed by atoms with E-state index in [9.17, 15) is 22.0 Å². The monoisotopic (exact) mass is 527 g/mol. The summed E-state index contributed by atoms with van der Waals surface area (Å²) in [5.41, 5.74) is -0.825. The van der Waals surface area contributed by atoms with Gasteiger partial charge in [-0.2, -0.15) is 4.31 Å². The number of amides is 1. The van der Waals surface area contributed by atoms with E-state index in [1.165, 1.54) is 0 Å². The normalized spacial score (nSPS) is 20.0. The number of nitrogens with zero attached hydrogens (tertiary/aromatic N) is 2. The number of piperazine rings is 1. The Morgan fingerprint density at radius 1 is 1.06 bits per heavy atom. The molecule has 1 saturated heterocycles. The first kappa shape index (κ1) is 28.2. The van der Waals surface area contributed by atoms with Gasteiger partial charge in [-0.25, -0.2) is 17.2 Å². The van der Waals surface area contributed by atoms with Crippen LogP contribution in [-0.4, -0.2) is 67.5 Å². The molecule has 0 atom stereocenters. The quantitative estimate of drug-likeness (QED) is 0.425. The lowest BCUT2D eigenvalue weighted by atomic mass is 9.87. The van der Waals surface area contributed by atoms with Crippen LogP contribution < -0.4 is 5.32 Å². The van der Waals surface area contributed by atoms with Gasteiger partial charge in [0.25, 0.3) is 5.91 Å². The molecule has 6 nitrogen and oxygen atoms in total. The Balaban J connectivity index is 0.00000385. The average molecular weight is 528 g/mol. The summed E-state index contributed by atoms with van der Waals surface area (Å²) in [7, 11) is -3.24. The van der Waals surface area contributed by atoms with Gasteiger partial charge in [-0.3, -0.25) is 9.69 Å². The van der Waals surface area contributed by atoms with Gasteiger partial charge in [0.2, 0.25) is 10.0 Å². The second-order valence-electron chi connectivity index (χ2n) is 8.74. The third-order valence-electron chi connectivity index (χ3n) is 6.65. The molecule has 0 aromatic heterocycles. The molecular weight excluding hydrogens is 495 g/mol. The summed E-state index contributed by atoms with van der Waals surface area (Å²) in [4.78, 5) is 15.0. The Bertz CT molecular complexity index is 918. The molecule has 188 valence electrons. The molecule has 1 heterocycles. The highest BCUT2D eigenvalue weighted by atomic mass is 35.5. The minimum atomic E-state index is -3.24. The van der Waals surface area contributed by atoms with Crippen LogP contribution in [0.4, 0.5) is 8.78 Å². The molecule has 1 aliphatic heterocycles. The first-order valence-corrected chi connectivity index (χ1v) is 13.3. The van der Waals surface area contributed by atoms with Crippen LogP contribution in [0.2, 0.25) is 5.02 Å². The zero-order valence-electron chi connectivity index (χ0n) is 18.9. The highest BCUT2D eigenvalue weighted by molar-refractivity contribution is 7.89. The van der Waals surface area contributed by atoms with E-state index < -0.39 is 38.2 Å². The predicted octanol–water partition coefficient (Wildman–Crippen LogP) is 4.22. The number of halogens is 4. The molecule has 2 fully saturated rings. The van der Waals surface area contributed by atoms with Crippen LogP contribution in [0.15, 0.2) is 12.1 Å². The summed E-state index contributed by atoms with van der Waals surface area (Å²) in [6.07, 6.45) is 6.49. The van der Waals surface area contributed by atoms with Crippen LogP contribution in [0, 0.1) is 11.6 Å². The summed E-state index contributed by atoms with van der Waals surface area (Å²) < 4.78 is 54.4. The van der Waals surface area contributed by atoms with Gasteiger partial charge < -0.3 is 5.32 Å². The van der Waals surface area contributed by atoms with E-state index in [2.05, 4.69) is 10.2 Å². The SMILES string of the molecule is CCCS(=O)(=O)N1CCN(C2(CNC(=O)c3c(F)ccc(F)c3Cl)CCCCCC2)CC1.Cl. The van der Waals surface area contributed by atoms with Crippen LogP contribution in [0.5, 0.6) is 0 Å². The van der Waals surface area contributed by atoms with Crippen molar-refractivity contribution in [2.24, 2.45) is 0 Å². The lowest BCUT2D eigenvalue weighted by Crippen LogP contribution is -2.61. The lowest BCUT2D eigenvalue weighted by molar-refractivity contribution is 0.0391. The van der Waals surface area contributed by atoms with E-state index in [0.717, 1.165) is 50.7 Å². The summed E-state index contributed by atoms with van der Waals surface area (Å²) in [5.74, 6) is -2.29. The highest BCUT2D eigenvalue weighted by Gasteiger charge is 2.40. The Morgan fingerprint density at radius 2 is 1.64 bits per heavy atom. The maximum absolute atomic E-state index is 14.2. The van der Waals surface area contributed by atoms with Gasteiger partial charge in [0, 0.05) is 38.3 Å². The van der Waals surface area contributed by atoms with Crippen LogP contribution in [-0.2, 0) is 10.0 Å². The average Bonchev–Trinajstić information content (AvgIpc) is 3.02. The fourth-order valence-corrected chi connectivity index (χ4v) is 6.62. The van der Waals surface area contributed by atoms with Crippen LogP contribution >= 0.6 is 24.0 Å². The zero-order chi connectivity index (χ0) is 23.4. The number of hydrogen-bond donors (Lipinski definition) is 1. The first-order chi connectivity index (χ1) is 15.2. The number of sulfonamides is 1. The lowest BCUT2D eigenvalue weighted by Gasteiger charge is -2.47.